The van der Waals surface area contributed by atoms with Crippen molar-refractivity contribution in [3.8, 4) is 0 Å². The Labute approximate surface area is 92.3 Å². The fourth-order valence-electron chi connectivity index (χ4n) is 1.30. The van der Waals surface area contributed by atoms with Crippen molar-refractivity contribution < 1.29 is 19.4 Å². The van der Waals surface area contributed by atoms with Crippen molar-refractivity contribution in [2.75, 3.05) is 0 Å². The number of rotatable bonds is 1. The molecule has 1 rings (SSSR count). The summed E-state index contributed by atoms with van der Waals surface area (Å²) in [6, 6.07) is 0. The van der Waals surface area contributed by atoms with Gasteiger partial charge < -0.3 is 9.84 Å². The van der Waals surface area contributed by atoms with Crippen LogP contribution in [0.3, 0.4) is 0 Å². The number of halogens is 1. The highest BCUT2D eigenvalue weighted by Crippen LogP contribution is 2.33. The Morgan fingerprint density at radius 1 is 1.53 bits per heavy atom. The molecule has 84 valence electrons. The van der Waals surface area contributed by atoms with Gasteiger partial charge in [-0.2, -0.15) is 0 Å². The highest BCUT2D eigenvalue weighted by Gasteiger charge is 2.42. The van der Waals surface area contributed by atoms with Gasteiger partial charge in [-0.1, -0.05) is 20.8 Å². The van der Waals surface area contributed by atoms with Crippen molar-refractivity contribution in [3.05, 3.63) is 12.0 Å². The first-order valence-electron chi connectivity index (χ1n) is 4.33. The molecular weight excluding hydrogens is 222 g/mol. The highest BCUT2D eigenvalue weighted by molar-refractivity contribution is 6.63. The Hall–Kier alpha value is -1.23. The lowest BCUT2D eigenvalue weighted by molar-refractivity contribution is -0.134. The van der Waals surface area contributed by atoms with Crippen LogP contribution in [-0.4, -0.2) is 27.6 Å². The predicted molar refractivity (Wildman–Crippen MR) is 53.1 cm³/mol. The van der Waals surface area contributed by atoms with Crippen molar-refractivity contribution >= 4 is 22.9 Å². The summed E-state index contributed by atoms with van der Waals surface area (Å²) in [6.45, 7) is 5.47. The maximum absolute atomic E-state index is 11.1. The third kappa shape index (κ3) is 2.23. The van der Waals surface area contributed by atoms with E-state index in [4.69, 9.17) is 21.4 Å². The van der Waals surface area contributed by atoms with Crippen LogP contribution < -0.4 is 0 Å². The minimum Gasteiger partial charge on any atom is -0.476 e. The second-order valence-electron chi connectivity index (χ2n) is 4.29. The molecule has 6 heteroatoms. The number of aliphatic carboxylic acids is 1. The molecule has 0 radical (unpaired) electrons. The first-order chi connectivity index (χ1) is 6.75. The van der Waals surface area contributed by atoms with Gasteiger partial charge in [0.25, 0.3) is 0 Å². The lowest BCUT2D eigenvalue weighted by atomic mass is 9.93. The van der Waals surface area contributed by atoms with Crippen molar-refractivity contribution in [3.63, 3.8) is 0 Å². The van der Waals surface area contributed by atoms with Crippen LogP contribution in [0.4, 0.5) is 4.79 Å². The van der Waals surface area contributed by atoms with Gasteiger partial charge >= 0.3 is 11.3 Å². The molecule has 5 nitrogen and oxygen atoms in total. The Morgan fingerprint density at radius 3 is 2.40 bits per heavy atom. The smallest absolute Gasteiger partial charge is 0.355 e. The Kier molecular flexibility index (Phi) is 2.95. The lowest BCUT2D eigenvalue weighted by Crippen LogP contribution is -2.43. The SMILES string of the molecule is CC(C)(C)[C@@H]1OC=C(C(=O)O)N1C(=O)Cl. The van der Waals surface area contributed by atoms with E-state index in [1.54, 1.807) is 0 Å². The molecule has 1 atom stereocenters. The number of amides is 1. The number of nitrogens with zero attached hydrogens (tertiary/aromatic N) is 1. The first-order valence-corrected chi connectivity index (χ1v) is 4.70. The van der Waals surface area contributed by atoms with Gasteiger partial charge in [0.2, 0.25) is 0 Å². The second kappa shape index (κ2) is 3.73. The topological polar surface area (TPSA) is 66.8 Å². The summed E-state index contributed by atoms with van der Waals surface area (Å²) >= 11 is 5.33. The van der Waals surface area contributed by atoms with E-state index in [2.05, 4.69) is 0 Å². The molecule has 1 aliphatic heterocycles. The van der Waals surface area contributed by atoms with Gasteiger partial charge in [0.05, 0.1) is 0 Å². The maximum atomic E-state index is 11.1. The van der Waals surface area contributed by atoms with E-state index >= 15 is 0 Å². The van der Waals surface area contributed by atoms with E-state index in [-0.39, 0.29) is 5.70 Å². The minimum absolute atomic E-state index is 0.241. The molecule has 1 N–H and O–H groups in total. The molecule has 1 aliphatic rings. The van der Waals surface area contributed by atoms with Crippen LogP contribution in [0.15, 0.2) is 12.0 Å². The predicted octanol–water partition coefficient (Wildman–Crippen LogP) is 1.98. The monoisotopic (exact) mass is 233 g/mol. The largest absolute Gasteiger partial charge is 0.476 e. The van der Waals surface area contributed by atoms with Crippen molar-refractivity contribution in [1.29, 1.82) is 0 Å². The second-order valence-corrected chi connectivity index (χ2v) is 4.61. The first kappa shape index (κ1) is 11.8. The van der Waals surface area contributed by atoms with E-state index in [1.807, 2.05) is 20.8 Å². The van der Waals surface area contributed by atoms with Crippen LogP contribution in [0.2, 0.25) is 0 Å². The third-order valence-electron chi connectivity index (χ3n) is 1.95. The van der Waals surface area contributed by atoms with Gasteiger partial charge in [-0.15, -0.1) is 0 Å². The fraction of sp³-hybridized carbons (Fsp3) is 0.556. The Morgan fingerprint density at radius 2 is 2.07 bits per heavy atom. The lowest BCUT2D eigenvalue weighted by Gasteiger charge is -2.32. The molecule has 0 fully saturated rings. The molecule has 0 aliphatic carbocycles. The summed E-state index contributed by atoms with van der Waals surface area (Å²) in [5, 5.41) is 7.96. The molecule has 0 aromatic rings. The Bertz CT molecular complexity index is 331. The third-order valence-corrected chi connectivity index (χ3v) is 2.13. The number of carboxylic acid groups (broad SMARTS) is 1. The van der Waals surface area contributed by atoms with Gasteiger partial charge in [0.15, 0.2) is 11.9 Å². The summed E-state index contributed by atoms with van der Waals surface area (Å²) in [7, 11) is 0. The van der Waals surface area contributed by atoms with Gasteiger partial charge in [-0.3, -0.25) is 9.69 Å². The van der Waals surface area contributed by atoms with Crippen LogP contribution in [0.5, 0.6) is 0 Å². The quantitative estimate of drug-likeness (QED) is 0.556. The summed E-state index contributed by atoms with van der Waals surface area (Å²) in [5.74, 6) is -1.24. The average Bonchev–Trinajstić information content (AvgIpc) is 2.45. The van der Waals surface area contributed by atoms with E-state index in [0.717, 1.165) is 11.2 Å². The molecule has 0 aromatic carbocycles. The molecule has 0 spiro atoms. The van der Waals surface area contributed by atoms with Gasteiger partial charge in [0, 0.05) is 5.41 Å². The van der Waals surface area contributed by atoms with Gasteiger partial charge in [0.1, 0.15) is 6.26 Å². The van der Waals surface area contributed by atoms with E-state index < -0.39 is 23.0 Å². The van der Waals surface area contributed by atoms with Crippen molar-refractivity contribution in [2.24, 2.45) is 5.41 Å². The fourth-order valence-corrected chi connectivity index (χ4v) is 1.48. The maximum Gasteiger partial charge on any atom is 0.355 e. The highest BCUT2D eigenvalue weighted by atomic mass is 35.5. The molecular formula is C9H12ClNO4. The minimum atomic E-state index is -1.24. The van der Waals surface area contributed by atoms with Crippen LogP contribution in [0.25, 0.3) is 0 Å². The summed E-state index contributed by atoms with van der Waals surface area (Å²) in [6.07, 6.45) is 0.354. The standard InChI is InChI=1S/C9H12ClNO4/c1-9(2,3)7-11(8(10)14)5(4-15-7)6(12)13/h4,7H,1-3H3,(H,12,13)/t7-/m0/s1. The van der Waals surface area contributed by atoms with E-state index in [9.17, 15) is 9.59 Å². The molecule has 15 heavy (non-hydrogen) atoms. The number of carbonyl (C=O) groups is 2. The van der Waals surface area contributed by atoms with Crippen LogP contribution in [-0.2, 0) is 9.53 Å². The summed E-state index contributed by atoms with van der Waals surface area (Å²) < 4.78 is 5.14. The zero-order valence-electron chi connectivity index (χ0n) is 8.65. The molecule has 1 heterocycles. The summed E-state index contributed by atoms with van der Waals surface area (Å²) in [4.78, 5) is 22.8. The average molecular weight is 234 g/mol. The number of carbonyl (C=O) groups excluding carboxylic acids is 1. The normalized spacial score (nSPS) is 20.9. The van der Waals surface area contributed by atoms with E-state index in [1.165, 1.54) is 0 Å². The van der Waals surface area contributed by atoms with E-state index in [0.29, 0.717) is 0 Å². The molecule has 0 aromatic heterocycles. The van der Waals surface area contributed by atoms with Crippen LogP contribution in [0, 0.1) is 5.41 Å². The number of ether oxygens (including phenoxy) is 1. The van der Waals surface area contributed by atoms with Crippen molar-refractivity contribution in [2.45, 2.75) is 27.0 Å². The number of hydrogen-bond donors (Lipinski definition) is 1. The zero-order chi connectivity index (χ0) is 11.8. The molecule has 0 saturated carbocycles. The molecule has 1 amide bonds. The zero-order valence-corrected chi connectivity index (χ0v) is 9.41. The van der Waals surface area contributed by atoms with Gasteiger partial charge in [-0.05, 0) is 11.6 Å². The Balaban J connectivity index is 3.01. The van der Waals surface area contributed by atoms with Crippen molar-refractivity contribution in [1.82, 2.24) is 4.90 Å². The van der Waals surface area contributed by atoms with Crippen LogP contribution >= 0.6 is 11.6 Å². The number of carboxylic acids is 1. The number of hydrogen-bond acceptors (Lipinski definition) is 3. The molecule has 0 saturated heterocycles. The molecule has 0 bridgehead atoms. The van der Waals surface area contributed by atoms with Gasteiger partial charge in [-0.25, -0.2) is 4.79 Å². The van der Waals surface area contributed by atoms with Crippen LogP contribution in [0.1, 0.15) is 20.8 Å². The molecule has 0 unspecified atom stereocenters. The summed E-state index contributed by atoms with van der Waals surface area (Å²) in [5.41, 5.74) is -0.659.